The van der Waals surface area contributed by atoms with E-state index < -0.39 is 0 Å². The number of hydrogen-bond acceptors (Lipinski definition) is 5. The second-order valence-corrected chi connectivity index (χ2v) is 6.61. The summed E-state index contributed by atoms with van der Waals surface area (Å²) in [4.78, 5) is 25.7. The monoisotopic (exact) mass is 382 g/mol. The molecule has 6 nitrogen and oxygen atoms in total. The summed E-state index contributed by atoms with van der Waals surface area (Å²) in [6, 6.07) is 13.8. The zero-order valence-corrected chi connectivity index (χ0v) is 15.6. The molecule has 0 spiro atoms. The van der Waals surface area contributed by atoms with Crippen LogP contribution in [0.2, 0.25) is 0 Å². The van der Waals surface area contributed by atoms with Crippen molar-refractivity contribution in [2.24, 2.45) is 0 Å². The Kier molecular flexibility index (Phi) is 5.42. The number of hydrogen-bond donors (Lipinski definition) is 2. The third kappa shape index (κ3) is 3.78. The number of carbonyl (C=O) groups excluding carboxylic acids is 2. The Morgan fingerprint density at radius 3 is 2.70 bits per heavy atom. The SMILES string of the molecule is COc1cccc(N(C)C(=O)c2c(-c3cccc(O)c3)csc2NC=O)c1. The predicted molar refractivity (Wildman–Crippen MR) is 107 cm³/mol. The van der Waals surface area contributed by atoms with Crippen molar-refractivity contribution in [3.05, 3.63) is 59.5 Å². The lowest BCUT2D eigenvalue weighted by Crippen LogP contribution is -2.27. The molecule has 0 aliphatic heterocycles. The number of nitrogens with zero attached hydrogens (tertiary/aromatic N) is 1. The Morgan fingerprint density at radius 1 is 1.22 bits per heavy atom. The van der Waals surface area contributed by atoms with Crippen molar-refractivity contribution in [2.45, 2.75) is 0 Å². The van der Waals surface area contributed by atoms with Crippen LogP contribution in [0.1, 0.15) is 10.4 Å². The number of phenols is 1. The van der Waals surface area contributed by atoms with Crippen LogP contribution in [0.3, 0.4) is 0 Å². The van der Waals surface area contributed by atoms with Gasteiger partial charge in [-0.15, -0.1) is 11.3 Å². The molecule has 0 fully saturated rings. The van der Waals surface area contributed by atoms with Gasteiger partial charge < -0.3 is 20.1 Å². The highest BCUT2D eigenvalue weighted by atomic mass is 32.1. The first-order valence-corrected chi connectivity index (χ1v) is 8.96. The number of phenolic OH excluding ortho intramolecular Hbond substituents is 1. The van der Waals surface area contributed by atoms with Gasteiger partial charge in [0.1, 0.15) is 16.5 Å². The van der Waals surface area contributed by atoms with Crippen LogP contribution in [-0.4, -0.2) is 31.6 Å². The number of methoxy groups -OCH3 is 1. The lowest BCUT2D eigenvalue weighted by Gasteiger charge is -2.19. The van der Waals surface area contributed by atoms with Gasteiger partial charge in [0.15, 0.2) is 0 Å². The fourth-order valence-electron chi connectivity index (χ4n) is 2.72. The number of amides is 2. The van der Waals surface area contributed by atoms with E-state index in [0.717, 1.165) is 0 Å². The zero-order valence-electron chi connectivity index (χ0n) is 14.8. The van der Waals surface area contributed by atoms with Crippen molar-refractivity contribution in [1.29, 1.82) is 0 Å². The van der Waals surface area contributed by atoms with Crippen molar-refractivity contribution in [2.75, 3.05) is 24.4 Å². The number of nitrogens with one attached hydrogen (secondary N) is 1. The van der Waals surface area contributed by atoms with Crippen LogP contribution in [0.5, 0.6) is 11.5 Å². The summed E-state index contributed by atoms with van der Waals surface area (Å²) in [6.07, 6.45) is 0.542. The van der Waals surface area contributed by atoms with Crippen molar-refractivity contribution in [3.8, 4) is 22.6 Å². The Hall–Kier alpha value is -3.32. The molecule has 0 unspecified atom stereocenters. The van der Waals surface area contributed by atoms with Crippen LogP contribution in [0.25, 0.3) is 11.1 Å². The molecular formula is C20H18N2O4S. The first-order valence-electron chi connectivity index (χ1n) is 8.08. The van der Waals surface area contributed by atoms with Gasteiger partial charge in [-0.2, -0.15) is 0 Å². The van der Waals surface area contributed by atoms with Crippen LogP contribution in [0, 0.1) is 0 Å². The van der Waals surface area contributed by atoms with E-state index in [4.69, 9.17) is 4.74 Å². The van der Waals surface area contributed by atoms with Crippen LogP contribution < -0.4 is 15.0 Å². The predicted octanol–water partition coefficient (Wildman–Crippen LogP) is 3.97. The van der Waals surface area contributed by atoms with Gasteiger partial charge >= 0.3 is 0 Å². The molecule has 1 heterocycles. The van der Waals surface area contributed by atoms with E-state index in [1.54, 1.807) is 68.1 Å². The van der Waals surface area contributed by atoms with Gasteiger partial charge in [-0.1, -0.05) is 18.2 Å². The average molecular weight is 382 g/mol. The molecule has 2 N–H and O–H groups in total. The molecule has 0 saturated heterocycles. The van der Waals surface area contributed by atoms with Gasteiger partial charge in [0.05, 0.1) is 12.7 Å². The van der Waals surface area contributed by atoms with Gasteiger partial charge in [0.2, 0.25) is 6.41 Å². The molecule has 2 aromatic carbocycles. The van der Waals surface area contributed by atoms with Crippen molar-refractivity contribution in [3.63, 3.8) is 0 Å². The van der Waals surface area contributed by atoms with Gasteiger partial charge in [0, 0.05) is 29.7 Å². The molecule has 7 heteroatoms. The summed E-state index contributed by atoms with van der Waals surface area (Å²) in [6.45, 7) is 0. The fraction of sp³-hybridized carbons (Fsp3) is 0.100. The fourth-order valence-corrected chi connectivity index (χ4v) is 3.64. The molecule has 0 aliphatic carbocycles. The number of ether oxygens (including phenoxy) is 1. The van der Waals surface area contributed by atoms with E-state index in [1.807, 2.05) is 0 Å². The first-order chi connectivity index (χ1) is 13.0. The third-order valence-electron chi connectivity index (χ3n) is 4.10. The topological polar surface area (TPSA) is 78.9 Å². The van der Waals surface area contributed by atoms with Crippen LogP contribution in [-0.2, 0) is 4.79 Å². The van der Waals surface area contributed by atoms with E-state index >= 15 is 0 Å². The van der Waals surface area contributed by atoms with Gasteiger partial charge in [-0.3, -0.25) is 9.59 Å². The van der Waals surface area contributed by atoms with Crippen LogP contribution in [0.4, 0.5) is 10.7 Å². The summed E-state index contributed by atoms with van der Waals surface area (Å²) in [5, 5.41) is 14.6. The quantitative estimate of drug-likeness (QED) is 0.632. The van der Waals surface area contributed by atoms with Gasteiger partial charge in [-0.25, -0.2) is 0 Å². The van der Waals surface area contributed by atoms with E-state index in [2.05, 4.69) is 5.32 Å². The van der Waals surface area contributed by atoms with Crippen LogP contribution in [0.15, 0.2) is 53.9 Å². The smallest absolute Gasteiger partial charge is 0.261 e. The second kappa shape index (κ2) is 7.92. The minimum absolute atomic E-state index is 0.100. The normalized spacial score (nSPS) is 10.3. The molecule has 3 aromatic rings. The molecule has 27 heavy (non-hydrogen) atoms. The standard InChI is InChI=1S/C20H18N2O4S/c1-22(14-6-4-8-16(10-14)26-2)20(25)18-17(11-27-19(18)21-12-23)13-5-3-7-15(24)9-13/h3-12,24H,1-2H3,(H,21,23). The molecule has 0 bridgehead atoms. The number of thiophene rings is 1. The lowest BCUT2D eigenvalue weighted by molar-refractivity contribution is -0.105. The molecule has 3 rings (SSSR count). The number of aromatic hydroxyl groups is 1. The molecule has 0 aliphatic rings. The molecule has 0 radical (unpaired) electrons. The van der Waals surface area contributed by atoms with Crippen LogP contribution >= 0.6 is 11.3 Å². The number of anilines is 2. The summed E-state index contributed by atoms with van der Waals surface area (Å²) >= 11 is 1.25. The highest BCUT2D eigenvalue weighted by Gasteiger charge is 2.24. The molecule has 2 amide bonds. The summed E-state index contributed by atoms with van der Waals surface area (Å²) in [5.41, 5.74) is 2.35. The average Bonchev–Trinajstić information content (AvgIpc) is 3.11. The molecular weight excluding hydrogens is 364 g/mol. The number of benzene rings is 2. The zero-order chi connectivity index (χ0) is 19.4. The third-order valence-corrected chi connectivity index (χ3v) is 5.01. The highest BCUT2D eigenvalue weighted by molar-refractivity contribution is 7.15. The van der Waals surface area contributed by atoms with Crippen molar-refractivity contribution < 1.29 is 19.4 Å². The van der Waals surface area contributed by atoms with E-state index in [0.29, 0.717) is 39.5 Å². The molecule has 138 valence electrons. The van der Waals surface area contributed by atoms with E-state index in [-0.39, 0.29) is 11.7 Å². The summed E-state index contributed by atoms with van der Waals surface area (Å²) in [7, 11) is 3.22. The van der Waals surface area contributed by atoms with Crippen molar-refractivity contribution in [1.82, 2.24) is 0 Å². The van der Waals surface area contributed by atoms with Gasteiger partial charge in [-0.05, 0) is 29.8 Å². The number of rotatable bonds is 6. The Labute approximate surface area is 160 Å². The Bertz CT molecular complexity index is 984. The Balaban J connectivity index is 2.06. The largest absolute Gasteiger partial charge is 0.508 e. The minimum Gasteiger partial charge on any atom is -0.508 e. The first kappa shape index (κ1) is 18.5. The summed E-state index contributed by atoms with van der Waals surface area (Å²) in [5.74, 6) is 0.451. The number of carbonyl (C=O) groups is 2. The maximum Gasteiger partial charge on any atom is 0.261 e. The molecule has 0 atom stereocenters. The molecule has 0 saturated carbocycles. The molecule has 1 aromatic heterocycles. The minimum atomic E-state index is -0.285. The van der Waals surface area contributed by atoms with E-state index in [9.17, 15) is 14.7 Å². The lowest BCUT2D eigenvalue weighted by atomic mass is 10.0. The second-order valence-electron chi connectivity index (χ2n) is 5.73. The Morgan fingerprint density at radius 2 is 2.00 bits per heavy atom. The van der Waals surface area contributed by atoms with E-state index in [1.165, 1.54) is 16.2 Å². The van der Waals surface area contributed by atoms with Gasteiger partial charge in [0.25, 0.3) is 5.91 Å². The van der Waals surface area contributed by atoms with Crippen molar-refractivity contribution >= 4 is 34.3 Å². The highest BCUT2D eigenvalue weighted by Crippen LogP contribution is 2.38. The summed E-state index contributed by atoms with van der Waals surface area (Å²) < 4.78 is 5.22. The maximum absolute atomic E-state index is 13.3. The maximum atomic E-state index is 13.3.